The number of aromatic nitrogens is 4. The van der Waals surface area contributed by atoms with Crippen molar-refractivity contribution >= 4 is 28.6 Å². The lowest BCUT2D eigenvalue weighted by Gasteiger charge is -2.27. The Hall–Kier alpha value is -1.54. The molecule has 0 unspecified atom stereocenters. The van der Waals surface area contributed by atoms with E-state index in [-0.39, 0.29) is 11.1 Å². The molecule has 3 rings (SSSR count). The van der Waals surface area contributed by atoms with E-state index >= 15 is 0 Å². The molecule has 0 radical (unpaired) electrons. The van der Waals surface area contributed by atoms with Gasteiger partial charge in [-0.1, -0.05) is 0 Å². The molecule has 2 aromatic heterocycles. The smallest absolute Gasteiger partial charge is 0.295 e. The molecule has 0 aromatic carbocycles. The summed E-state index contributed by atoms with van der Waals surface area (Å²) in [5.41, 5.74) is 0.702. The fraction of sp³-hybridized carbons (Fsp3) is 0.583. The lowest BCUT2D eigenvalue weighted by atomic mass is 10.4. The van der Waals surface area contributed by atoms with Crippen molar-refractivity contribution in [2.45, 2.75) is 19.9 Å². The van der Waals surface area contributed by atoms with Crippen molar-refractivity contribution in [1.82, 2.24) is 19.5 Å². The number of morpholine rings is 1. The highest BCUT2D eigenvalue weighted by molar-refractivity contribution is 6.28. The average molecular weight is 318 g/mol. The lowest BCUT2D eigenvalue weighted by molar-refractivity contribution is 0.122. The van der Waals surface area contributed by atoms with Crippen molar-refractivity contribution < 1.29 is 13.5 Å². The Morgan fingerprint density at radius 1 is 1.24 bits per heavy atom. The summed E-state index contributed by atoms with van der Waals surface area (Å²) in [6.07, 6.45) is -2.67. The summed E-state index contributed by atoms with van der Waals surface area (Å²) in [4.78, 5) is 14.2. The summed E-state index contributed by atoms with van der Waals surface area (Å²) in [5.74, 6) is 0.181. The van der Waals surface area contributed by atoms with Gasteiger partial charge in [-0.3, -0.25) is 0 Å². The number of hydrogen-bond acceptors (Lipinski definition) is 5. The molecule has 0 amide bonds. The van der Waals surface area contributed by atoms with Crippen LogP contribution in [-0.2, 0) is 11.3 Å². The molecule has 6 nitrogen and oxygen atoms in total. The van der Waals surface area contributed by atoms with Crippen molar-refractivity contribution in [1.29, 1.82) is 0 Å². The number of rotatable bonds is 3. The normalized spacial score (nSPS) is 16.1. The molecule has 0 saturated carbocycles. The van der Waals surface area contributed by atoms with Gasteiger partial charge < -0.3 is 14.2 Å². The Morgan fingerprint density at radius 3 is 2.57 bits per heavy atom. The quantitative estimate of drug-likeness (QED) is 0.813. The molecular formula is C12H14ClF2N5O. The van der Waals surface area contributed by atoms with Crippen LogP contribution in [0.3, 0.4) is 0 Å². The Kier molecular flexibility index (Phi) is 3.90. The van der Waals surface area contributed by atoms with Gasteiger partial charge in [-0.25, -0.2) is 13.8 Å². The number of anilines is 1. The summed E-state index contributed by atoms with van der Waals surface area (Å²) in [6, 6.07) is 0. The minimum absolute atomic E-state index is 0.0272. The van der Waals surface area contributed by atoms with Gasteiger partial charge in [-0.05, 0) is 18.5 Å². The number of alkyl halides is 2. The van der Waals surface area contributed by atoms with Crippen LogP contribution in [0.4, 0.5) is 14.6 Å². The molecule has 1 aliphatic rings. The third-order valence-electron chi connectivity index (χ3n) is 3.40. The first kappa shape index (κ1) is 14.4. The van der Waals surface area contributed by atoms with Gasteiger partial charge >= 0.3 is 0 Å². The molecule has 114 valence electrons. The molecule has 1 fully saturated rings. The molecule has 3 heterocycles. The highest BCUT2D eigenvalue weighted by Crippen LogP contribution is 2.29. The van der Waals surface area contributed by atoms with Crippen molar-refractivity contribution in [2.24, 2.45) is 0 Å². The first-order valence-electron chi connectivity index (χ1n) is 6.66. The molecule has 0 aliphatic carbocycles. The summed E-state index contributed by atoms with van der Waals surface area (Å²) < 4.78 is 32.9. The summed E-state index contributed by atoms with van der Waals surface area (Å²) in [6.45, 7) is 4.44. The van der Waals surface area contributed by atoms with Gasteiger partial charge in [0.15, 0.2) is 22.8 Å². The molecule has 9 heteroatoms. The highest BCUT2D eigenvalue weighted by Gasteiger charge is 2.25. The molecule has 0 bridgehead atoms. The molecule has 0 atom stereocenters. The maximum absolute atomic E-state index is 13.1. The van der Waals surface area contributed by atoms with E-state index in [9.17, 15) is 8.78 Å². The molecule has 21 heavy (non-hydrogen) atoms. The van der Waals surface area contributed by atoms with Crippen molar-refractivity contribution in [2.75, 3.05) is 31.2 Å². The average Bonchev–Trinajstić information content (AvgIpc) is 2.85. The third-order valence-corrected chi connectivity index (χ3v) is 3.57. The van der Waals surface area contributed by atoms with Gasteiger partial charge in [0.1, 0.15) is 0 Å². The van der Waals surface area contributed by atoms with Crippen molar-refractivity contribution in [3.63, 3.8) is 0 Å². The van der Waals surface area contributed by atoms with Crippen molar-refractivity contribution in [3.8, 4) is 0 Å². The Morgan fingerprint density at radius 2 is 1.95 bits per heavy atom. The van der Waals surface area contributed by atoms with Crippen LogP contribution < -0.4 is 4.90 Å². The fourth-order valence-corrected chi connectivity index (χ4v) is 2.61. The zero-order valence-electron chi connectivity index (χ0n) is 11.4. The number of hydrogen-bond donors (Lipinski definition) is 0. The van der Waals surface area contributed by atoms with E-state index in [1.165, 1.54) is 4.57 Å². The van der Waals surface area contributed by atoms with Crippen LogP contribution in [0.1, 0.15) is 19.2 Å². The molecule has 1 saturated heterocycles. The van der Waals surface area contributed by atoms with Crippen LogP contribution in [-0.4, -0.2) is 45.8 Å². The second-order valence-electron chi connectivity index (χ2n) is 4.60. The predicted octanol–water partition coefficient (Wildman–Crippen LogP) is 2.27. The number of aryl methyl sites for hydroxylation is 1. The largest absolute Gasteiger partial charge is 0.378 e. The summed E-state index contributed by atoms with van der Waals surface area (Å²) in [5, 5.41) is 0.0272. The van der Waals surface area contributed by atoms with Gasteiger partial charge in [0.05, 0.1) is 13.2 Å². The SMILES string of the molecule is CCn1c(C(F)F)nc2c(N3CCOCC3)nc(Cl)nc21. The van der Waals surface area contributed by atoms with Crippen LogP contribution in [0, 0.1) is 0 Å². The van der Waals surface area contributed by atoms with Crippen LogP contribution in [0.5, 0.6) is 0 Å². The second-order valence-corrected chi connectivity index (χ2v) is 4.94. The van der Waals surface area contributed by atoms with Crippen LogP contribution in [0.25, 0.3) is 11.2 Å². The molecule has 2 aromatic rings. The number of imidazole rings is 1. The standard InChI is InChI=1S/C12H14ClF2N5O/c1-2-20-10-7(16-11(20)8(14)15)9(17-12(13)18-10)19-3-5-21-6-4-19/h8H,2-6H2,1H3. The van der Waals surface area contributed by atoms with E-state index in [4.69, 9.17) is 16.3 Å². The first-order chi connectivity index (χ1) is 10.1. The minimum atomic E-state index is -2.67. The molecule has 0 spiro atoms. The topological polar surface area (TPSA) is 56.1 Å². The Bertz CT molecular complexity index is 657. The third kappa shape index (κ3) is 2.53. The highest BCUT2D eigenvalue weighted by atomic mass is 35.5. The van der Waals surface area contributed by atoms with Crippen LogP contribution >= 0.6 is 11.6 Å². The van der Waals surface area contributed by atoms with E-state index in [1.807, 2.05) is 4.90 Å². The number of ether oxygens (including phenoxy) is 1. The first-order valence-corrected chi connectivity index (χ1v) is 7.04. The molecule has 1 aliphatic heterocycles. The Labute approximate surface area is 124 Å². The molecular weight excluding hydrogens is 304 g/mol. The van der Waals surface area contributed by atoms with E-state index in [0.717, 1.165) is 0 Å². The maximum Gasteiger partial charge on any atom is 0.295 e. The van der Waals surface area contributed by atoms with E-state index in [1.54, 1.807) is 6.92 Å². The second kappa shape index (κ2) is 5.69. The zero-order chi connectivity index (χ0) is 15.0. The summed E-state index contributed by atoms with van der Waals surface area (Å²) in [7, 11) is 0. The Balaban J connectivity index is 2.19. The minimum Gasteiger partial charge on any atom is -0.378 e. The lowest BCUT2D eigenvalue weighted by Crippen LogP contribution is -2.37. The summed E-state index contributed by atoms with van der Waals surface area (Å²) >= 11 is 5.95. The maximum atomic E-state index is 13.1. The zero-order valence-corrected chi connectivity index (χ0v) is 12.1. The number of halogens is 3. The van der Waals surface area contributed by atoms with E-state index in [0.29, 0.717) is 49.8 Å². The van der Waals surface area contributed by atoms with E-state index < -0.39 is 6.43 Å². The van der Waals surface area contributed by atoms with Gasteiger partial charge in [0.25, 0.3) is 6.43 Å². The van der Waals surface area contributed by atoms with Crippen LogP contribution in [0.15, 0.2) is 0 Å². The molecule has 0 N–H and O–H groups in total. The van der Waals surface area contributed by atoms with Gasteiger partial charge in [0, 0.05) is 19.6 Å². The predicted molar refractivity (Wildman–Crippen MR) is 74.0 cm³/mol. The van der Waals surface area contributed by atoms with Crippen LogP contribution in [0.2, 0.25) is 5.28 Å². The van der Waals surface area contributed by atoms with Gasteiger partial charge in [0.2, 0.25) is 5.28 Å². The van der Waals surface area contributed by atoms with E-state index in [2.05, 4.69) is 15.0 Å². The number of nitrogens with zero attached hydrogens (tertiary/aromatic N) is 5. The monoisotopic (exact) mass is 317 g/mol. The van der Waals surface area contributed by atoms with Gasteiger partial charge in [-0.15, -0.1) is 0 Å². The van der Waals surface area contributed by atoms with Gasteiger partial charge in [-0.2, -0.15) is 9.97 Å². The number of fused-ring (bicyclic) bond motifs is 1. The van der Waals surface area contributed by atoms with Crippen molar-refractivity contribution in [3.05, 3.63) is 11.1 Å². The fourth-order valence-electron chi connectivity index (χ4n) is 2.45.